The number of furan rings is 1. The summed E-state index contributed by atoms with van der Waals surface area (Å²) in [5.41, 5.74) is 1.70. The van der Waals surface area contributed by atoms with Crippen molar-refractivity contribution in [2.75, 3.05) is 0 Å². The highest BCUT2D eigenvalue weighted by Gasteiger charge is 2.27. The van der Waals surface area contributed by atoms with E-state index in [0.29, 0.717) is 11.3 Å². The van der Waals surface area contributed by atoms with Crippen LogP contribution in [0.25, 0.3) is 11.0 Å². The summed E-state index contributed by atoms with van der Waals surface area (Å²) < 4.78 is 41.5. The van der Waals surface area contributed by atoms with Crippen LogP contribution in [0.3, 0.4) is 0 Å². The summed E-state index contributed by atoms with van der Waals surface area (Å²) in [5, 5.41) is 10.7. The molecule has 0 bridgehead atoms. The van der Waals surface area contributed by atoms with Gasteiger partial charge in [-0.3, -0.25) is 0 Å². The lowest BCUT2D eigenvalue weighted by Crippen LogP contribution is -2.07. The van der Waals surface area contributed by atoms with Crippen LogP contribution in [-0.4, -0.2) is 11.3 Å². The molecule has 0 fully saturated rings. The van der Waals surface area contributed by atoms with Crippen molar-refractivity contribution in [3.05, 3.63) is 35.6 Å². The number of halogens is 3. The highest BCUT2D eigenvalue weighted by atomic mass is 19.4. The molecule has 0 spiro atoms. The van der Waals surface area contributed by atoms with Gasteiger partial charge in [-0.25, -0.2) is 0 Å². The lowest BCUT2D eigenvalue weighted by atomic mass is 10.1. The Morgan fingerprint density at radius 3 is 2.68 bits per heavy atom. The third-order valence-electron chi connectivity index (χ3n) is 2.96. The molecular formula is C14H15F3O2. The zero-order chi connectivity index (χ0) is 14.0. The Hall–Kier alpha value is -1.49. The quantitative estimate of drug-likeness (QED) is 0.888. The lowest BCUT2D eigenvalue weighted by Gasteiger charge is -2.09. The van der Waals surface area contributed by atoms with Crippen LogP contribution in [0, 0.1) is 6.92 Å². The summed E-state index contributed by atoms with van der Waals surface area (Å²) in [7, 11) is 0. The molecule has 0 radical (unpaired) electrons. The fourth-order valence-corrected chi connectivity index (χ4v) is 1.99. The lowest BCUT2D eigenvalue weighted by molar-refractivity contribution is -0.136. The average molecular weight is 272 g/mol. The zero-order valence-corrected chi connectivity index (χ0v) is 10.5. The first-order valence-electron chi connectivity index (χ1n) is 6.10. The normalized spacial score (nSPS) is 13.9. The number of aliphatic hydroxyl groups is 1. The maximum atomic E-state index is 12.0. The molecule has 1 aromatic carbocycles. The molecule has 19 heavy (non-hydrogen) atoms. The number of hydrogen-bond donors (Lipinski definition) is 1. The van der Waals surface area contributed by atoms with E-state index in [2.05, 4.69) is 0 Å². The van der Waals surface area contributed by atoms with Crippen molar-refractivity contribution >= 4 is 11.0 Å². The van der Waals surface area contributed by atoms with Crippen molar-refractivity contribution in [2.24, 2.45) is 0 Å². The molecule has 0 saturated heterocycles. The van der Waals surface area contributed by atoms with Crippen molar-refractivity contribution in [1.82, 2.24) is 0 Å². The molecule has 0 aliphatic carbocycles. The molecule has 0 saturated carbocycles. The van der Waals surface area contributed by atoms with Gasteiger partial charge in [-0.1, -0.05) is 11.6 Å². The standard InChI is InChI=1S/C14H15F3O2/c1-9-4-5-12-10(7-9)8-13(19-12)11(18)3-2-6-14(15,16)17/h4-5,7-8,11,18H,2-3,6H2,1H3. The summed E-state index contributed by atoms with van der Waals surface area (Å²) in [6.07, 6.45) is -6.12. The Labute approximate surface area is 108 Å². The third-order valence-corrected chi connectivity index (χ3v) is 2.96. The maximum Gasteiger partial charge on any atom is 0.389 e. The second-order valence-corrected chi connectivity index (χ2v) is 4.71. The number of benzene rings is 1. The van der Waals surface area contributed by atoms with Gasteiger partial charge in [-0.05, 0) is 38.0 Å². The van der Waals surface area contributed by atoms with E-state index >= 15 is 0 Å². The summed E-state index contributed by atoms with van der Waals surface area (Å²) in [5.74, 6) is 0.322. The van der Waals surface area contributed by atoms with Gasteiger partial charge in [0.2, 0.25) is 0 Å². The molecule has 0 aliphatic rings. The molecule has 2 nitrogen and oxygen atoms in total. The molecule has 0 amide bonds. The molecule has 1 N–H and O–H groups in total. The molecule has 1 aromatic heterocycles. The van der Waals surface area contributed by atoms with Gasteiger partial charge in [0.15, 0.2) is 0 Å². The van der Waals surface area contributed by atoms with Crippen LogP contribution in [0.5, 0.6) is 0 Å². The molecule has 2 aromatic rings. The van der Waals surface area contributed by atoms with Crippen molar-refractivity contribution < 1.29 is 22.7 Å². The summed E-state index contributed by atoms with van der Waals surface area (Å²) >= 11 is 0. The summed E-state index contributed by atoms with van der Waals surface area (Å²) in [4.78, 5) is 0. The van der Waals surface area contributed by atoms with Crippen LogP contribution < -0.4 is 0 Å². The topological polar surface area (TPSA) is 33.4 Å². The second kappa shape index (κ2) is 5.25. The van der Waals surface area contributed by atoms with Gasteiger partial charge in [0, 0.05) is 11.8 Å². The van der Waals surface area contributed by atoms with Crippen molar-refractivity contribution in [1.29, 1.82) is 0 Å². The third kappa shape index (κ3) is 3.73. The fraction of sp³-hybridized carbons (Fsp3) is 0.429. The van der Waals surface area contributed by atoms with E-state index in [-0.39, 0.29) is 12.8 Å². The Morgan fingerprint density at radius 1 is 1.26 bits per heavy atom. The van der Waals surface area contributed by atoms with E-state index in [0.717, 1.165) is 10.9 Å². The van der Waals surface area contributed by atoms with E-state index in [1.165, 1.54) is 0 Å². The van der Waals surface area contributed by atoms with Crippen LogP contribution >= 0.6 is 0 Å². The van der Waals surface area contributed by atoms with Gasteiger partial charge in [0.05, 0.1) is 0 Å². The second-order valence-electron chi connectivity index (χ2n) is 4.71. The van der Waals surface area contributed by atoms with Crippen molar-refractivity contribution in [2.45, 2.75) is 38.5 Å². The van der Waals surface area contributed by atoms with Gasteiger partial charge in [0.1, 0.15) is 17.4 Å². The number of hydrogen-bond acceptors (Lipinski definition) is 2. The van der Waals surface area contributed by atoms with Gasteiger partial charge < -0.3 is 9.52 Å². The SMILES string of the molecule is Cc1ccc2oc(C(O)CCCC(F)(F)F)cc2c1. The fourth-order valence-electron chi connectivity index (χ4n) is 1.99. The average Bonchev–Trinajstić information content (AvgIpc) is 2.70. The van der Waals surface area contributed by atoms with E-state index < -0.39 is 18.7 Å². The largest absolute Gasteiger partial charge is 0.458 e. The Bertz CT molecular complexity index is 557. The monoisotopic (exact) mass is 272 g/mol. The molecule has 2 rings (SSSR count). The van der Waals surface area contributed by atoms with Gasteiger partial charge in [-0.15, -0.1) is 0 Å². The molecule has 1 unspecified atom stereocenters. The smallest absolute Gasteiger partial charge is 0.389 e. The predicted molar refractivity (Wildman–Crippen MR) is 65.8 cm³/mol. The Kier molecular flexibility index (Phi) is 3.85. The van der Waals surface area contributed by atoms with Crippen LogP contribution in [0.1, 0.15) is 36.7 Å². The molecule has 5 heteroatoms. The number of aliphatic hydroxyl groups excluding tert-OH is 1. The predicted octanol–water partition coefficient (Wildman–Crippen LogP) is 4.51. The van der Waals surface area contributed by atoms with E-state index in [1.54, 1.807) is 12.1 Å². The highest BCUT2D eigenvalue weighted by molar-refractivity contribution is 5.78. The van der Waals surface area contributed by atoms with Gasteiger partial charge in [-0.2, -0.15) is 13.2 Å². The molecular weight excluding hydrogens is 257 g/mol. The van der Waals surface area contributed by atoms with Gasteiger partial charge >= 0.3 is 6.18 Å². The number of fused-ring (bicyclic) bond motifs is 1. The first-order valence-corrected chi connectivity index (χ1v) is 6.10. The summed E-state index contributed by atoms with van der Waals surface area (Å²) in [6, 6.07) is 7.26. The molecule has 1 atom stereocenters. The molecule has 0 aliphatic heterocycles. The number of alkyl halides is 3. The van der Waals surface area contributed by atoms with E-state index in [1.807, 2.05) is 19.1 Å². The van der Waals surface area contributed by atoms with Crippen molar-refractivity contribution in [3.8, 4) is 0 Å². The molecule has 1 heterocycles. The Balaban J connectivity index is 2.03. The van der Waals surface area contributed by atoms with E-state index in [4.69, 9.17) is 4.42 Å². The van der Waals surface area contributed by atoms with E-state index in [9.17, 15) is 18.3 Å². The molecule has 104 valence electrons. The Morgan fingerprint density at radius 2 is 2.00 bits per heavy atom. The van der Waals surface area contributed by atoms with Crippen LogP contribution in [0.15, 0.2) is 28.7 Å². The first kappa shape index (κ1) is 13.9. The minimum absolute atomic E-state index is 0.0400. The number of aryl methyl sites for hydroxylation is 1. The first-order chi connectivity index (χ1) is 8.85. The summed E-state index contributed by atoms with van der Waals surface area (Å²) in [6.45, 7) is 1.94. The van der Waals surface area contributed by atoms with Crippen LogP contribution in [-0.2, 0) is 0 Å². The highest BCUT2D eigenvalue weighted by Crippen LogP contribution is 2.29. The van der Waals surface area contributed by atoms with Crippen molar-refractivity contribution in [3.63, 3.8) is 0 Å². The minimum atomic E-state index is -4.18. The van der Waals surface area contributed by atoms with Gasteiger partial charge in [0.25, 0.3) is 0 Å². The van der Waals surface area contributed by atoms with Crippen LogP contribution in [0.2, 0.25) is 0 Å². The zero-order valence-electron chi connectivity index (χ0n) is 10.5. The van der Waals surface area contributed by atoms with Crippen LogP contribution in [0.4, 0.5) is 13.2 Å². The number of rotatable bonds is 4. The maximum absolute atomic E-state index is 12.0. The minimum Gasteiger partial charge on any atom is -0.458 e.